The smallest absolute Gasteiger partial charge is 0.228 e. The number of methoxy groups -OCH3 is 2. The first-order valence-electron chi connectivity index (χ1n) is 16.0. The Morgan fingerprint density at radius 3 is 1.74 bits per heavy atom. The van der Waals surface area contributed by atoms with E-state index in [1.807, 2.05) is 34.1 Å². The van der Waals surface area contributed by atoms with E-state index in [0.29, 0.717) is 75.5 Å². The van der Waals surface area contributed by atoms with Gasteiger partial charge in [-0.25, -0.2) is 9.97 Å². The molecule has 0 bridgehead atoms. The SMILES string of the molecule is COc1nc(CC(=O)N2CC3CN(C(=O)Cc4ccc(CNCCNC(C)=O)c(OC)n4)CC3C2)ccc1CCCCNC(C)=O. The van der Waals surface area contributed by atoms with Gasteiger partial charge in [0, 0.05) is 89.2 Å². The van der Waals surface area contributed by atoms with Crippen LogP contribution >= 0.6 is 0 Å². The normalized spacial score (nSPS) is 17.0. The van der Waals surface area contributed by atoms with Crippen molar-refractivity contribution in [1.82, 2.24) is 35.7 Å². The highest BCUT2D eigenvalue weighted by Gasteiger charge is 2.42. The summed E-state index contributed by atoms with van der Waals surface area (Å²) < 4.78 is 11.0. The van der Waals surface area contributed by atoms with Gasteiger partial charge in [0.25, 0.3) is 0 Å². The average molecular weight is 638 g/mol. The number of amides is 4. The molecule has 4 rings (SSSR count). The monoisotopic (exact) mass is 637 g/mol. The Labute approximate surface area is 270 Å². The molecule has 2 aromatic heterocycles. The summed E-state index contributed by atoms with van der Waals surface area (Å²) in [6.45, 7) is 7.84. The summed E-state index contributed by atoms with van der Waals surface area (Å²) >= 11 is 0. The van der Waals surface area contributed by atoms with Gasteiger partial charge in [-0.1, -0.05) is 12.1 Å². The van der Waals surface area contributed by atoms with Crippen molar-refractivity contribution < 1.29 is 28.7 Å². The number of ether oxygens (including phenoxy) is 2. The first-order chi connectivity index (χ1) is 22.2. The number of pyridine rings is 2. The summed E-state index contributed by atoms with van der Waals surface area (Å²) in [4.78, 5) is 61.4. The zero-order valence-electron chi connectivity index (χ0n) is 27.4. The van der Waals surface area contributed by atoms with E-state index in [4.69, 9.17) is 9.47 Å². The van der Waals surface area contributed by atoms with Crippen LogP contribution < -0.4 is 25.4 Å². The number of likely N-dealkylation sites (tertiary alicyclic amines) is 2. The van der Waals surface area contributed by atoms with Crippen molar-refractivity contribution in [2.75, 3.05) is 60.0 Å². The second kappa shape index (κ2) is 16.9. The lowest BCUT2D eigenvalue weighted by Gasteiger charge is -2.22. The van der Waals surface area contributed by atoms with E-state index in [-0.39, 0.29) is 48.3 Å². The summed E-state index contributed by atoms with van der Waals surface area (Å²) in [6, 6.07) is 7.63. The zero-order valence-corrected chi connectivity index (χ0v) is 27.4. The number of nitrogens with one attached hydrogen (secondary N) is 3. The molecule has 2 saturated heterocycles. The molecule has 0 spiro atoms. The van der Waals surface area contributed by atoms with Crippen molar-refractivity contribution in [3.05, 3.63) is 46.8 Å². The average Bonchev–Trinajstić information content (AvgIpc) is 3.62. The standard InChI is InChI=1S/C33H47N7O6/c1-22(41)35-12-6-5-7-24-8-10-28(37-32(24)45-3)15-30(43)39-18-26-20-40(21-27(26)19-39)31(44)16-29-11-9-25(33(38-29)46-4)17-34-13-14-36-23(2)42/h8-11,26-27,34H,5-7,12-21H2,1-4H3,(H,35,41)(H,36,42). The van der Waals surface area contributed by atoms with E-state index in [2.05, 4.69) is 25.9 Å². The second-order valence-electron chi connectivity index (χ2n) is 12.0. The summed E-state index contributed by atoms with van der Waals surface area (Å²) in [7, 11) is 3.15. The third-order valence-electron chi connectivity index (χ3n) is 8.47. The maximum absolute atomic E-state index is 13.2. The van der Waals surface area contributed by atoms with Crippen molar-refractivity contribution in [3.63, 3.8) is 0 Å². The van der Waals surface area contributed by atoms with E-state index in [1.54, 1.807) is 14.2 Å². The lowest BCUT2D eigenvalue weighted by molar-refractivity contribution is -0.131. The Balaban J connectivity index is 1.22. The van der Waals surface area contributed by atoms with Crippen LogP contribution in [0.4, 0.5) is 0 Å². The predicted octanol–water partition coefficient (Wildman–Crippen LogP) is 0.880. The number of carbonyl (C=O) groups excluding carboxylic acids is 4. The van der Waals surface area contributed by atoms with Gasteiger partial charge in [-0.2, -0.15) is 0 Å². The van der Waals surface area contributed by atoms with Gasteiger partial charge in [0.1, 0.15) is 0 Å². The van der Waals surface area contributed by atoms with E-state index in [9.17, 15) is 19.2 Å². The van der Waals surface area contributed by atoms with Crippen molar-refractivity contribution in [3.8, 4) is 11.8 Å². The van der Waals surface area contributed by atoms with Crippen molar-refractivity contribution >= 4 is 23.6 Å². The molecule has 2 aliphatic rings. The van der Waals surface area contributed by atoms with Gasteiger partial charge in [-0.3, -0.25) is 19.2 Å². The largest absolute Gasteiger partial charge is 0.481 e. The molecule has 2 unspecified atom stereocenters. The third-order valence-corrected chi connectivity index (χ3v) is 8.47. The molecule has 0 radical (unpaired) electrons. The molecule has 4 heterocycles. The molecule has 250 valence electrons. The Bertz CT molecular complexity index is 1270. The van der Waals surface area contributed by atoms with Crippen molar-refractivity contribution in [1.29, 1.82) is 0 Å². The predicted molar refractivity (Wildman–Crippen MR) is 171 cm³/mol. The topological polar surface area (TPSA) is 155 Å². The quantitative estimate of drug-likeness (QED) is 0.228. The van der Waals surface area contributed by atoms with Crippen molar-refractivity contribution in [2.24, 2.45) is 11.8 Å². The minimum Gasteiger partial charge on any atom is -0.481 e. The van der Waals surface area contributed by atoms with Crippen LogP contribution in [-0.2, 0) is 45.0 Å². The highest BCUT2D eigenvalue weighted by molar-refractivity contribution is 5.80. The van der Waals surface area contributed by atoms with Crippen LogP contribution in [0.3, 0.4) is 0 Å². The van der Waals surface area contributed by atoms with Gasteiger partial charge in [0.2, 0.25) is 35.4 Å². The summed E-state index contributed by atoms with van der Waals surface area (Å²) in [6.07, 6.45) is 2.93. The van der Waals surface area contributed by atoms with Crippen LogP contribution in [0.1, 0.15) is 49.2 Å². The molecular weight excluding hydrogens is 590 g/mol. The van der Waals surface area contributed by atoms with Gasteiger partial charge in [0.15, 0.2) is 0 Å². The number of unbranched alkanes of at least 4 members (excludes halogenated alkanes) is 1. The third kappa shape index (κ3) is 9.87. The molecule has 2 aromatic rings. The molecule has 0 aromatic carbocycles. The van der Waals surface area contributed by atoms with E-state index in [0.717, 1.165) is 30.4 Å². The number of hydrogen-bond donors (Lipinski definition) is 3. The molecule has 3 N–H and O–H groups in total. The number of aryl methyl sites for hydroxylation is 1. The van der Waals surface area contributed by atoms with E-state index in [1.165, 1.54) is 13.8 Å². The summed E-state index contributed by atoms with van der Waals surface area (Å²) in [5, 5.41) is 8.79. The number of rotatable bonds is 16. The minimum absolute atomic E-state index is 0.0227. The van der Waals surface area contributed by atoms with Gasteiger partial charge < -0.3 is 35.2 Å². The fourth-order valence-corrected chi connectivity index (χ4v) is 6.08. The highest BCUT2D eigenvalue weighted by atomic mass is 16.5. The molecule has 2 aliphatic heterocycles. The number of fused-ring (bicyclic) bond motifs is 1. The lowest BCUT2D eigenvalue weighted by Crippen LogP contribution is -2.37. The Hall–Kier alpha value is -4.26. The molecule has 46 heavy (non-hydrogen) atoms. The first kappa shape index (κ1) is 34.6. The molecule has 0 aliphatic carbocycles. The maximum atomic E-state index is 13.2. The molecule has 13 nitrogen and oxygen atoms in total. The Morgan fingerprint density at radius 1 is 0.717 bits per heavy atom. The molecule has 2 atom stereocenters. The van der Waals surface area contributed by atoms with Crippen LogP contribution in [0, 0.1) is 11.8 Å². The molecule has 0 saturated carbocycles. The number of hydrogen-bond acceptors (Lipinski definition) is 9. The Kier molecular flexibility index (Phi) is 12.7. The molecule has 4 amide bonds. The molecule has 13 heteroatoms. The van der Waals surface area contributed by atoms with E-state index >= 15 is 0 Å². The molecule has 2 fully saturated rings. The van der Waals surface area contributed by atoms with Gasteiger partial charge in [-0.05, 0) is 31.4 Å². The van der Waals surface area contributed by atoms with Crippen molar-refractivity contribution in [2.45, 2.75) is 52.5 Å². The fraction of sp³-hybridized carbons (Fsp3) is 0.576. The number of carbonyl (C=O) groups is 4. The number of nitrogens with zero attached hydrogens (tertiary/aromatic N) is 4. The van der Waals surface area contributed by atoms with Gasteiger partial charge >= 0.3 is 0 Å². The lowest BCUT2D eigenvalue weighted by atomic mass is 10.0. The first-order valence-corrected chi connectivity index (χ1v) is 16.0. The van der Waals surface area contributed by atoms with Crippen LogP contribution in [0.25, 0.3) is 0 Å². The number of aromatic nitrogens is 2. The summed E-state index contributed by atoms with van der Waals surface area (Å²) in [5.74, 6) is 1.48. The molecular formula is C33H47N7O6. The fourth-order valence-electron chi connectivity index (χ4n) is 6.08. The van der Waals surface area contributed by atoms with Crippen LogP contribution in [0.15, 0.2) is 24.3 Å². The minimum atomic E-state index is -0.0663. The van der Waals surface area contributed by atoms with Gasteiger partial charge in [-0.15, -0.1) is 0 Å². The van der Waals surface area contributed by atoms with Gasteiger partial charge in [0.05, 0.1) is 38.4 Å². The second-order valence-corrected chi connectivity index (χ2v) is 12.0. The maximum Gasteiger partial charge on any atom is 0.228 e. The van der Waals surface area contributed by atoms with Crippen LogP contribution in [-0.4, -0.2) is 103 Å². The van der Waals surface area contributed by atoms with Crippen LogP contribution in [0.2, 0.25) is 0 Å². The van der Waals surface area contributed by atoms with E-state index < -0.39 is 0 Å². The summed E-state index contributed by atoms with van der Waals surface area (Å²) in [5.41, 5.74) is 3.18. The van der Waals surface area contributed by atoms with Crippen LogP contribution in [0.5, 0.6) is 11.8 Å². The Morgan fingerprint density at radius 2 is 1.22 bits per heavy atom. The zero-order chi connectivity index (χ0) is 33.1. The highest BCUT2D eigenvalue weighted by Crippen LogP contribution is 2.32.